The first-order valence-electron chi connectivity index (χ1n) is 7.61. The molecule has 0 spiro atoms. The molecule has 2 unspecified atom stereocenters. The van der Waals surface area contributed by atoms with Gasteiger partial charge >= 0.3 is 6.03 Å². The predicted octanol–water partition coefficient (Wildman–Crippen LogP) is 4.96. The Balaban J connectivity index is 1.69. The van der Waals surface area contributed by atoms with Crippen molar-refractivity contribution in [3.05, 3.63) is 58.5 Å². The fraction of sp³-hybridized carbons (Fsp3) is 0.278. The van der Waals surface area contributed by atoms with Crippen LogP contribution in [0.15, 0.2) is 52.3 Å². The summed E-state index contributed by atoms with van der Waals surface area (Å²) in [5.41, 5.74) is 0.837. The summed E-state index contributed by atoms with van der Waals surface area (Å²) in [4.78, 5) is 15.3. The largest absolute Gasteiger partial charge is 0.459 e. The van der Waals surface area contributed by atoms with Crippen LogP contribution in [0.2, 0.25) is 0 Å². The number of amides is 2. The Kier molecular flexibility index (Phi) is 4.39. The van der Waals surface area contributed by atoms with Gasteiger partial charge in [-0.2, -0.15) is 0 Å². The number of carbonyl (C=O) groups is 1. The van der Waals surface area contributed by atoms with Gasteiger partial charge in [0.15, 0.2) is 0 Å². The van der Waals surface area contributed by atoms with Crippen LogP contribution in [0.1, 0.15) is 36.6 Å². The lowest BCUT2D eigenvalue weighted by molar-refractivity contribution is 0.190. The van der Waals surface area contributed by atoms with Crippen LogP contribution in [0.5, 0.6) is 0 Å². The minimum atomic E-state index is -0.187. The summed E-state index contributed by atoms with van der Waals surface area (Å²) in [5.74, 6) is 0.761. The number of hydrogen-bond acceptors (Lipinski definition) is 3. The summed E-state index contributed by atoms with van der Waals surface area (Å²) in [6, 6.07) is 13.6. The van der Waals surface area contributed by atoms with Crippen molar-refractivity contribution >= 4 is 28.3 Å². The molecule has 23 heavy (non-hydrogen) atoms. The van der Waals surface area contributed by atoms with Crippen molar-refractivity contribution in [1.29, 1.82) is 0 Å². The van der Waals surface area contributed by atoms with E-state index in [1.54, 1.807) is 16.2 Å². The number of para-hydroxylation sites is 1. The van der Waals surface area contributed by atoms with Crippen molar-refractivity contribution in [3.8, 4) is 0 Å². The summed E-state index contributed by atoms with van der Waals surface area (Å²) >= 11 is 1.65. The van der Waals surface area contributed by atoms with E-state index in [2.05, 4.69) is 5.32 Å². The molecule has 0 fully saturated rings. The van der Waals surface area contributed by atoms with Crippen molar-refractivity contribution in [2.24, 2.45) is 0 Å². The average Bonchev–Trinajstić information content (AvgIpc) is 3.22. The van der Waals surface area contributed by atoms with Crippen LogP contribution >= 0.6 is 11.3 Å². The summed E-state index contributed by atoms with van der Waals surface area (Å²) in [6.07, 6.45) is 0. The Bertz CT molecular complexity index is 761. The summed E-state index contributed by atoms with van der Waals surface area (Å²) in [6.45, 7) is 3.95. The molecule has 0 radical (unpaired) electrons. The SMILES string of the molecule is CC(NC(=O)N(C)C(C)c1cccs1)c1cc2ccccc2o1. The van der Waals surface area contributed by atoms with E-state index < -0.39 is 0 Å². The number of rotatable bonds is 4. The fourth-order valence-corrected chi connectivity index (χ4v) is 3.30. The van der Waals surface area contributed by atoms with E-state index in [-0.39, 0.29) is 18.1 Å². The molecule has 5 heteroatoms. The van der Waals surface area contributed by atoms with Crippen molar-refractivity contribution in [2.75, 3.05) is 7.05 Å². The number of thiophene rings is 1. The van der Waals surface area contributed by atoms with Crippen LogP contribution < -0.4 is 5.32 Å². The maximum absolute atomic E-state index is 12.5. The van der Waals surface area contributed by atoms with Gasteiger partial charge in [-0.05, 0) is 37.4 Å². The molecule has 0 aliphatic rings. The van der Waals surface area contributed by atoms with Crippen LogP contribution in [0.25, 0.3) is 11.0 Å². The van der Waals surface area contributed by atoms with Crippen LogP contribution in [0, 0.1) is 0 Å². The van der Waals surface area contributed by atoms with E-state index in [1.165, 1.54) is 4.88 Å². The average molecular weight is 328 g/mol. The van der Waals surface area contributed by atoms with E-state index >= 15 is 0 Å². The normalized spacial score (nSPS) is 13.7. The number of hydrogen-bond donors (Lipinski definition) is 1. The molecule has 2 atom stereocenters. The number of furan rings is 1. The molecule has 2 aromatic heterocycles. The zero-order valence-corrected chi connectivity index (χ0v) is 14.3. The van der Waals surface area contributed by atoms with E-state index in [0.29, 0.717) is 0 Å². The number of nitrogens with one attached hydrogen (secondary N) is 1. The van der Waals surface area contributed by atoms with Gasteiger partial charge in [-0.3, -0.25) is 0 Å². The Morgan fingerprint density at radius 2 is 2.00 bits per heavy atom. The monoisotopic (exact) mass is 328 g/mol. The van der Waals surface area contributed by atoms with Crippen molar-refractivity contribution in [3.63, 3.8) is 0 Å². The maximum Gasteiger partial charge on any atom is 0.318 e. The molecule has 2 amide bonds. The van der Waals surface area contributed by atoms with Gasteiger partial charge in [0.05, 0.1) is 12.1 Å². The van der Waals surface area contributed by atoms with Crippen LogP contribution in [-0.4, -0.2) is 18.0 Å². The van der Waals surface area contributed by atoms with Crippen LogP contribution in [-0.2, 0) is 0 Å². The minimum absolute atomic E-state index is 0.0397. The number of fused-ring (bicyclic) bond motifs is 1. The van der Waals surface area contributed by atoms with E-state index in [9.17, 15) is 4.79 Å². The fourth-order valence-electron chi connectivity index (χ4n) is 2.47. The standard InChI is InChI=1S/C18H20N2O2S/c1-12(16-11-14-7-4-5-8-15(14)22-16)19-18(21)20(3)13(2)17-9-6-10-23-17/h4-13H,1-3H3,(H,19,21). The lowest BCUT2D eigenvalue weighted by Gasteiger charge is -2.25. The number of benzene rings is 1. The van der Waals surface area contributed by atoms with Gasteiger partial charge in [-0.1, -0.05) is 24.3 Å². The second kappa shape index (κ2) is 6.46. The first kappa shape index (κ1) is 15.6. The molecule has 120 valence electrons. The second-order valence-corrected chi connectivity index (χ2v) is 6.64. The molecule has 2 heterocycles. The van der Waals surface area contributed by atoms with Gasteiger partial charge in [0.1, 0.15) is 11.3 Å². The molecule has 0 aliphatic carbocycles. The van der Waals surface area contributed by atoms with Crippen molar-refractivity contribution in [1.82, 2.24) is 10.2 Å². The van der Waals surface area contributed by atoms with E-state index in [4.69, 9.17) is 4.42 Å². The number of carbonyl (C=O) groups excluding carboxylic acids is 1. The third-order valence-electron chi connectivity index (χ3n) is 4.07. The van der Waals surface area contributed by atoms with Crippen molar-refractivity contribution in [2.45, 2.75) is 25.9 Å². The first-order chi connectivity index (χ1) is 11.1. The molecule has 1 aromatic carbocycles. The Labute approximate surface area is 139 Å². The highest BCUT2D eigenvalue weighted by molar-refractivity contribution is 7.10. The first-order valence-corrected chi connectivity index (χ1v) is 8.49. The molecule has 0 saturated carbocycles. The zero-order valence-electron chi connectivity index (χ0n) is 13.4. The third-order valence-corrected chi connectivity index (χ3v) is 5.11. The second-order valence-electron chi connectivity index (χ2n) is 5.66. The zero-order chi connectivity index (χ0) is 16.4. The molecule has 3 aromatic rings. The van der Waals surface area contributed by atoms with Crippen molar-refractivity contribution < 1.29 is 9.21 Å². The van der Waals surface area contributed by atoms with Crippen LogP contribution in [0.4, 0.5) is 4.79 Å². The van der Waals surface area contributed by atoms with Crippen LogP contribution in [0.3, 0.4) is 0 Å². The van der Waals surface area contributed by atoms with Gasteiger partial charge in [0.25, 0.3) is 0 Å². The highest BCUT2D eigenvalue weighted by atomic mass is 32.1. The quantitative estimate of drug-likeness (QED) is 0.736. The highest BCUT2D eigenvalue weighted by Gasteiger charge is 2.21. The summed E-state index contributed by atoms with van der Waals surface area (Å²) < 4.78 is 5.81. The van der Waals surface area contributed by atoms with E-state index in [0.717, 1.165) is 16.7 Å². The van der Waals surface area contributed by atoms with Gasteiger partial charge in [0.2, 0.25) is 0 Å². The molecule has 3 rings (SSSR count). The smallest absolute Gasteiger partial charge is 0.318 e. The molecule has 1 N–H and O–H groups in total. The molecule has 0 saturated heterocycles. The molecule has 0 bridgehead atoms. The number of urea groups is 1. The maximum atomic E-state index is 12.5. The lowest BCUT2D eigenvalue weighted by Crippen LogP contribution is -2.39. The third kappa shape index (κ3) is 3.24. The van der Waals surface area contributed by atoms with Gasteiger partial charge in [-0.25, -0.2) is 4.79 Å². The molecule has 0 aliphatic heterocycles. The van der Waals surface area contributed by atoms with Gasteiger partial charge in [-0.15, -0.1) is 11.3 Å². The predicted molar refractivity (Wildman–Crippen MR) is 93.7 cm³/mol. The Morgan fingerprint density at radius 3 is 2.70 bits per heavy atom. The van der Waals surface area contributed by atoms with E-state index in [1.807, 2.05) is 68.7 Å². The highest BCUT2D eigenvalue weighted by Crippen LogP contribution is 2.26. The van der Waals surface area contributed by atoms with Gasteiger partial charge in [0, 0.05) is 17.3 Å². The minimum Gasteiger partial charge on any atom is -0.459 e. The Hall–Kier alpha value is -2.27. The summed E-state index contributed by atoms with van der Waals surface area (Å²) in [5, 5.41) is 6.07. The Morgan fingerprint density at radius 1 is 1.22 bits per heavy atom. The van der Waals surface area contributed by atoms with Gasteiger partial charge < -0.3 is 14.6 Å². The number of nitrogens with zero attached hydrogens (tertiary/aromatic N) is 1. The molecular formula is C18H20N2O2S. The topological polar surface area (TPSA) is 45.5 Å². The molecular weight excluding hydrogens is 308 g/mol. The molecule has 4 nitrogen and oxygen atoms in total. The summed E-state index contributed by atoms with van der Waals surface area (Å²) in [7, 11) is 1.81. The lowest BCUT2D eigenvalue weighted by atomic mass is 10.2.